The van der Waals surface area contributed by atoms with E-state index in [0.717, 1.165) is 18.9 Å². The first kappa shape index (κ1) is 14.2. The summed E-state index contributed by atoms with van der Waals surface area (Å²) in [6, 6.07) is 1.49. The van der Waals surface area contributed by atoms with E-state index in [9.17, 15) is 19.3 Å². The number of nitro groups is 1. The molecule has 0 heterocycles. The van der Waals surface area contributed by atoms with Gasteiger partial charge in [0.2, 0.25) is 0 Å². The van der Waals surface area contributed by atoms with Gasteiger partial charge in [0.05, 0.1) is 23.3 Å². The van der Waals surface area contributed by atoms with Gasteiger partial charge in [-0.2, -0.15) is 0 Å². The van der Waals surface area contributed by atoms with Gasteiger partial charge >= 0.3 is 5.97 Å². The van der Waals surface area contributed by atoms with Crippen LogP contribution in [0, 0.1) is 21.3 Å². The summed E-state index contributed by atoms with van der Waals surface area (Å²) in [5.74, 6) is -2.39. The standard InChI is InChI=1S/C12H13FN2O5/c13-8-4-10(15(19)20)7(11(17)18)3-9(8)14-5-12(6-16)1-2-12/h3-4,14,16H,1-2,5-6H2,(H,17,18). The maximum absolute atomic E-state index is 13.7. The molecule has 1 aromatic rings. The number of nitrogens with zero attached hydrogens (tertiary/aromatic N) is 1. The van der Waals surface area contributed by atoms with Crippen LogP contribution in [0.4, 0.5) is 15.8 Å². The van der Waals surface area contributed by atoms with Gasteiger partial charge in [0.25, 0.3) is 5.69 Å². The lowest BCUT2D eigenvalue weighted by atomic mass is 10.1. The highest BCUT2D eigenvalue weighted by atomic mass is 19.1. The molecule has 1 aromatic carbocycles. The lowest BCUT2D eigenvalue weighted by molar-refractivity contribution is -0.385. The first-order valence-corrected chi connectivity index (χ1v) is 5.94. The van der Waals surface area contributed by atoms with Crippen LogP contribution in [0.5, 0.6) is 0 Å². The van der Waals surface area contributed by atoms with Gasteiger partial charge in [-0.1, -0.05) is 0 Å². The van der Waals surface area contributed by atoms with E-state index in [1.165, 1.54) is 0 Å². The van der Waals surface area contributed by atoms with Crippen LogP contribution in [0.3, 0.4) is 0 Å². The van der Waals surface area contributed by atoms with E-state index in [2.05, 4.69) is 5.32 Å². The van der Waals surface area contributed by atoms with Gasteiger partial charge in [-0.3, -0.25) is 10.1 Å². The average molecular weight is 284 g/mol. The van der Waals surface area contributed by atoms with Crippen LogP contribution < -0.4 is 5.32 Å². The Morgan fingerprint density at radius 3 is 2.60 bits per heavy atom. The minimum atomic E-state index is -1.50. The molecule has 0 saturated heterocycles. The van der Waals surface area contributed by atoms with Crippen LogP contribution in [-0.4, -0.2) is 34.3 Å². The van der Waals surface area contributed by atoms with Gasteiger partial charge in [-0.15, -0.1) is 0 Å². The summed E-state index contributed by atoms with van der Waals surface area (Å²) in [6.45, 7) is 0.248. The van der Waals surface area contributed by atoms with E-state index < -0.39 is 28.0 Å². The third kappa shape index (κ3) is 2.69. The van der Waals surface area contributed by atoms with Crippen molar-refractivity contribution in [3.63, 3.8) is 0 Å². The maximum atomic E-state index is 13.7. The fourth-order valence-corrected chi connectivity index (χ4v) is 1.87. The highest BCUT2D eigenvalue weighted by Crippen LogP contribution is 2.45. The van der Waals surface area contributed by atoms with Crippen molar-refractivity contribution in [2.24, 2.45) is 5.41 Å². The smallest absolute Gasteiger partial charge is 0.342 e. The molecule has 0 amide bonds. The number of carboxylic acid groups (broad SMARTS) is 1. The Morgan fingerprint density at radius 1 is 1.50 bits per heavy atom. The molecule has 20 heavy (non-hydrogen) atoms. The lowest BCUT2D eigenvalue weighted by Crippen LogP contribution is -2.20. The topological polar surface area (TPSA) is 113 Å². The molecule has 1 aliphatic rings. The van der Waals surface area contributed by atoms with E-state index in [-0.39, 0.29) is 24.3 Å². The molecule has 0 unspecified atom stereocenters. The summed E-state index contributed by atoms with van der Waals surface area (Å²) < 4.78 is 13.7. The minimum Gasteiger partial charge on any atom is -0.477 e. The van der Waals surface area contributed by atoms with Crippen molar-refractivity contribution in [2.75, 3.05) is 18.5 Å². The normalized spacial score (nSPS) is 15.7. The Kier molecular flexibility index (Phi) is 3.58. The molecule has 0 spiro atoms. The number of carboxylic acids is 1. The fraction of sp³-hybridized carbons (Fsp3) is 0.417. The van der Waals surface area contributed by atoms with Crippen LogP contribution in [-0.2, 0) is 0 Å². The van der Waals surface area contributed by atoms with E-state index in [4.69, 9.17) is 10.2 Å². The Balaban J connectivity index is 2.27. The molecule has 3 N–H and O–H groups in total. The molecule has 0 atom stereocenters. The largest absolute Gasteiger partial charge is 0.477 e. The second-order valence-corrected chi connectivity index (χ2v) is 4.92. The van der Waals surface area contributed by atoms with Gasteiger partial charge < -0.3 is 15.5 Å². The predicted molar refractivity (Wildman–Crippen MR) is 67.3 cm³/mol. The first-order valence-electron chi connectivity index (χ1n) is 5.94. The Labute approximate surface area is 113 Å². The number of nitrogens with one attached hydrogen (secondary N) is 1. The summed E-state index contributed by atoms with van der Waals surface area (Å²) >= 11 is 0. The summed E-state index contributed by atoms with van der Waals surface area (Å²) in [7, 11) is 0. The van der Waals surface area contributed by atoms with Gasteiger partial charge in [-0.25, -0.2) is 9.18 Å². The number of aliphatic hydroxyl groups is 1. The van der Waals surface area contributed by atoms with Crippen LogP contribution >= 0.6 is 0 Å². The molecular formula is C12H13FN2O5. The second kappa shape index (κ2) is 5.04. The molecule has 7 nitrogen and oxygen atoms in total. The number of hydrogen-bond donors (Lipinski definition) is 3. The minimum absolute atomic E-state index is 0.0413. The van der Waals surface area contributed by atoms with Crippen molar-refractivity contribution < 1.29 is 24.3 Å². The van der Waals surface area contributed by atoms with Crippen molar-refractivity contribution in [2.45, 2.75) is 12.8 Å². The van der Waals surface area contributed by atoms with Crippen molar-refractivity contribution in [3.05, 3.63) is 33.6 Å². The summed E-state index contributed by atoms with van der Waals surface area (Å²) in [5, 5.41) is 31.5. The molecule has 0 radical (unpaired) electrons. The lowest BCUT2D eigenvalue weighted by Gasteiger charge is -2.14. The van der Waals surface area contributed by atoms with Crippen LogP contribution in [0.2, 0.25) is 0 Å². The molecular weight excluding hydrogens is 271 g/mol. The van der Waals surface area contributed by atoms with Crippen molar-refractivity contribution >= 4 is 17.3 Å². The van der Waals surface area contributed by atoms with Crippen LogP contribution in [0.1, 0.15) is 23.2 Å². The number of aromatic carboxylic acids is 1. The van der Waals surface area contributed by atoms with Crippen molar-refractivity contribution in [1.82, 2.24) is 0 Å². The zero-order valence-corrected chi connectivity index (χ0v) is 10.4. The first-order chi connectivity index (χ1) is 9.38. The number of halogens is 1. The van der Waals surface area contributed by atoms with Crippen LogP contribution in [0.25, 0.3) is 0 Å². The van der Waals surface area contributed by atoms with Gasteiger partial charge in [0.15, 0.2) is 5.82 Å². The highest BCUT2D eigenvalue weighted by Gasteiger charge is 2.41. The Morgan fingerprint density at radius 2 is 2.15 bits per heavy atom. The predicted octanol–water partition coefficient (Wildman–Crippen LogP) is 1.62. The van der Waals surface area contributed by atoms with E-state index >= 15 is 0 Å². The third-order valence-electron chi connectivity index (χ3n) is 3.46. The molecule has 0 aromatic heterocycles. The number of carbonyl (C=O) groups is 1. The van der Waals surface area contributed by atoms with Crippen molar-refractivity contribution in [1.29, 1.82) is 0 Å². The molecule has 1 fully saturated rings. The molecule has 8 heteroatoms. The molecule has 2 rings (SSSR count). The monoisotopic (exact) mass is 284 g/mol. The van der Waals surface area contributed by atoms with E-state index in [1.807, 2.05) is 0 Å². The number of benzene rings is 1. The molecule has 1 saturated carbocycles. The molecule has 108 valence electrons. The van der Waals surface area contributed by atoms with Crippen LogP contribution in [0.15, 0.2) is 12.1 Å². The highest BCUT2D eigenvalue weighted by molar-refractivity contribution is 5.93. The quantitative estimate of drug-likeness (QED) is 0.540. The summed E-state index contributed by atoms with van der Waals surface area (Å²) in [5.41, 5.74) is -1.78. The number of aliphatic hydroxyl groups excluding tert-OH is 1. The van der Waals surface area contributed by atoms with E-state index in [1.54, 1.807) is 0 Å². The molecule has 1 aliphatic carbocycles. The maximum Gasteiger partial charge on any atom is 0.342 e. The number of rotatable bonds is 6. The zero-order chi connectivity index (χ0) is 14.9. The second-order valence-electron chi connectivity index (χ2n) is 4.92. The third-order valence-corrected chi connectivity index (χ3v) is 3.46. The van der Waals surface area contributed by atoms with E-state index in [0.29, 0.717) is 6.07 Å². The van der Waals surface area contributed by atoms with Gasteiger partial charge in [0.1, 0.15) is 5.56 Å². The molecule has 0 bridgehead atoms. The Hall–Kier alpha value is -2.22. The fourth-order valence-electron chi connectivity index (χ4n) is 1.87. The summed E-state index contributed by atoms with van der Waals surface area (Å²) in [6.07, 6.45) is 1.60. The number of anilines is 1. The van der Waals surface area contributed by atoms with Crippen molar-refractivity contribution in [3.8, 4) is 0 Å². The average Bonchev–Trinajstić information content (AvgIpc) is 3.17. The van der Waals surface area contributed by atoms with Gasteiger partial charge in [-0.05, 0) is 18.9 Å². The van der Waals surface area contributed by atoms with Gasteiger partial charge in [0, 0.05) is 12.0 Å². The Bertz CT molecular complexity index is 571. The summed E-state index contributed by atoms with van der Waals surface area (Å²) in [4.78, 5) is 20.7. The molecule has 0 aliphatic heterocycles. The number of hydrogen-bond acceptors (Lipinski definition) is 5. The number of nitro benzene ring substituents is 1. The SMILES string of the molecule is O=C(O)c1cc(NCC2(CO)CC2)c(F)cc1[N+](=O)[O-]. The zero-order valence-electron chi connectivity index (χ0n) is 10.4.